The Balaban J connectivity index is 2.37. The highest BCUT2D eigenvalue weighted by atomic mass is 16.6. The number of amides is 1. The van der Waals surface area contributed by atoms with Gasteiger partial charge in [0.2, 0.25) is 0 Å². The molecule has 118 valence electrons. The largest absolute Gasteiger partial charge is 0.424 e. The molecule has 22 heavy (non-hydrogen) atoms. The fourth-order valence-electron chi connectivity index (χ4n) is 2.68. The third-order valence-corrected chi connectivity index (χ3v) is 3.99. The number of benzene rings is 1. The van der Waals surface area contributed by atoms with Gasteiger partial charge in [0.1, 0.15) is 0 Å². The molecule has 3 atom stereocenters. The maximum absolute atomic E-state index is 11.3. The molecule has 0 bridgehead atoms. The van der Waals surface area contributed by atoms with Crippen molar-refractivity contribution >= 4 is 24.6 Å². The van der Waals surface area contributed by atoms with E-state index in [1.807, 2.05) is 44.2 Å². The van der Waals surface area contributed by atoms with Crippen LogP contribution in [0.25, 0.3) is 6.08 Å². The van der Waals surface area contributed by atoms with E-state index >= 15 is 0 Å². The molecular weight excluding hydrogens is 280 g/mol. The Morgan fingerprint density at radius 3 is 2.77 bits per heavy atom. The van der Waals surface area contributed by atoms with Gasteiger partial charge in [-0.15, -0.1) is 0 Å². The van der Waals surface area contributed by atoms with Crippen LogP contribution in [0.1, 0.15) is 37.8 Å². The highest BCUT2D eigenvalue weighted by Crippen LogP contribution is 2.35. The maximum atomic E-state index is 11.3. The van der Waals surface area contributed by atoms with Gasteiger partial charge in [0, 0.05) is 11.5 Å². The van der Waals surface area contributed by atoms with Crippen molar-refractivity contribution in [3.8, 4) is 0 Å². The molecule has 0 spiro atoms. The molecule has 1 fully saturated rings. The summed E-state index contributed by atoms with van der Waals surface area (Å²) in [5.41, 5.74) is 13.3. The zero-order valence-corrected chi connectivity index (χ0v) is 13.1. The number of nitrogens with zero attached hydrogens (tertiary/aromatic N) is 1. The van der Waals surface area contributed by atoms with Crippen LogP contribution in [0, 0.1) is 0 Å². The van der Waals surface area contributed by atoms with Crippen LogP contribution >= 0.6 is 0 Å². The zero-order chi connectivity index (χ0) is 16.3. The first-order valence-corrected chi connectivity index (χ1v) is 7.17. The summed E-state index contributed by atoms with van der Waals surface area (Å²) in [6, 6.07) is 5.43. The predicted octanol–water partition coefficient (Wildman–Crippen LogP) is 2.44. The molecule has 1 aliphatic heterocycles. The van der Waals surface area contributed by atoms with E-state index < -0.39 is 17.9 Å². The molecule has 2 rings (SSSR count). The second-order valence-corrected chi connectivity index (χ2v) is 5.50. The summed E-state index contributed by atoms with van der Waals surface area (Å²) in [7, 11) is 0. The van der Waals surface area contributed by atoms with E-state index in [0.717, 1.165) is 16.8 Å². The minimum absolute atomic E-state index is 0.101. The SMILES string of the molecule is C=Nc1c(/C=C\C)cccc1[C@@H](C)[C@H](N)C1(C)NNC(=O)O1. The molecule has 0 radical (unpaired) electrons. The summed E-state index contributed by atoms with van der Waals surface area (Å²) in [6.45, 7) is 9.33. The molecule has 0 aromatic heterocycles. The number of allylic oxidation sites excluding steroid dienone is 1. The highest BCUT2D eigenvalue weighted by Gasteiger charge is 2.44. The lowest BCUT2D eigenvalue weighted by Gasteiger charge is -2.33. The van der Waals surface area contributed by atoms with Crippen LogP contribution in [-0.4, -0.2) is 24.6 Å². The number of ether oxygens (including phenoxy) is 1. The number of hydrogen-bond acceptors (Lipinski definition) is 5. The van der Waals surface area contributed by atoms with Crippen LogP contribution < -0.4 is 16.6 Å². The maximum Gasteiger partial charge on any atom is 0.423 e. The summed E-state index contributed by atoms with van der Waals surface area (Å²) >= 11 is 0. The third-order valence-electron chi connectivity index (χ3n) is 3.99. The quantitative estimate of drug-likeness (QED) is 0.729. The first-order valence-electron chi connectivity index (χ1n) is 7.17. The molecule has 1 aromatic rings. The van der Waals surface area contributed by atoms with E-state index in [9.17, 15) is 4.79 Å². The lowest BCUT2D eigenvalue weighted by atomic mass is 9.86. The van der Waals surface area contributed by atoms with Gasteiger partial charge in [-0.1, -0.05) is 37.3 Å². The fourth-order valence-corrected chi connectivity index (χ4v) is 2.68. The van der Waals surface area contributed by atoms with Crippen LogP contribution in [-0.2, 0) is 4.74 Å². The van der Waals surface area contributed by atoms with E-state index in [1.54, 1.807) is 6.92 Å². The number of carbonyl (C=O) groups excluding carboxylic acids is 1. The van der Waals surface area contributed by atoms with Crippen LogP contribution in [0.15, 0.2) is 29.3 Å². The number of nitrogens with two attached hydrogens (primary N) is 1. The number of para-hydroxylation sites is 1. The summed E-state index contributed by atoms with van der Waals surface area (Å²) in [6.07, 6.45) is 3.39. The van der Waals surface area contributed by atoms with Crippen molar-refractivity contribution in [1.82, 2.24) is 10.9 Å². The molecule has 1 unspecified atom stereocenters. The number of rotatable bonds is 5. The van der Waals surface area contributed by atoms with Crippen molar-refractivity contribution in [3.05, 3.63) is 35.4 Å². The number of carbonyl (C=O) groups is 1. The zero-order valence-electron chi connectivity index (χ0n) is 13.1. The molecule has 1 aliphatic rings. The summed E-state index contributed by atoms with van der Waals surface area (Å²) < 4.78 is 5.26. The third kappa shape index (κ3) is 2.88. The van der Waals surface area contributed by atoms with Gasteiger partial charge in [0.05, 0.1) is 11.7 Å². The number of aliphatic imine (C=N–C) groups is 1. The summed E-state index contributed by atoms with van der Waals surface area (Å²) in [5, 5.41) is 0. The Hall–Kier alpha value is -2.18. The Labute approximate surface area is 130 Å². The first kappa shape index (κ1) is 16.2. The average molecular weight is 302 g/mol. The van der Waals surface area contributed by atoms with Gasteiger partial charge in [0.25, 0.3) is 0 Å². The van der Waals surface area contributed by atoms with Crippen LogP contribution in [0.5, 0.6) is 0 Å². The molecule has 1 saturated heterocycles. The molecule has 1 amide bonds. The highest BCUT2D eigenvalue weighted by molar-refractivity contribution is 5.70. The molecular formula is C16H22N4O2. The smallest absolute Gasteiger partial charge is 0.423 e. The lowest BCUT2D eigenvalue weighted by Crippen LogP contribution is -2.57. The van der Waals surface area contributed by atoms with Gasteiger partial charge < -0.3 is 10.5 Å². The van der Waals surface area contributed by atoms with Crippen molar-refractivity contribution in [2.75, 3.05) is 0 Å². The van der Waals surface area contributed by atoms with Crippen molar-refractivity contribution < 1.29 is 9.53 Å². The van der Waals surface area contributed by atoms with Crippen LogP contribution in [0.3, 0.4) is 0 Å². The second-order valence-electron chi connectivity index (χ2n) is 5.50. The van der Waals surface area contributed by atoms with Gasteiger partial charge in [-0.2, -0.15) is 5.43 Å². The van der Waals surface area contributed by atoms with E-state index in [1.165, 1.54) is 0 Å². The fraction of sp³-hybridized carbons (Fsp3) is 0.375. The number of hydrogen-bond donors (Lipinski definition) is 3. The Bertz CT molecular complexity index is 614. The normalized spacial score (nSPS) is 23.9. The van der Waals surface area contributed by atoms with Gasteiger partial charge in [-0.3, -0.25) is 10.4 Å². The molecule has 6 heteroatoms. The molecule has 4 N–H and O–H groups in total. The Kier molecular flexibility index (Phi) is 4.63. The van der Waals surface area contributed by atoms with Crippen molar-refractivity contribution in [3.63, 3.8) is 0 Å². The average Bonchev–Trinajstić information content (AvgIpc) is 2.86. The van der Waals surface area contributed by atoms with Gasteiger partial charge in [-0.25, -0.2) is 4.79 Å². The second kappa shape index (κ2) is 6.29. The van der Waals surface area contributed by atoms with Crippen molar-refractivity contribution in [2.24, 2.45) is 10.7 Å². The monoisotopic (exact) mass is 302 g/mol. The van der Waals surface area contributed by atoms with E-state index in [4.69, 9.17) is 10.5 Å². The molecule has 0 saturated carbocycles. The summed E-state index contributed by atoms with van der Waals surface area (Å²) in [4.78, 5) is 15.5. The predicted molar refractivity (Wildman–Crippen MR) is 87.9 cm³/mol. The lowest BCUT2D eigenvalue weighted by molar-refractivity contribution is 0.0179. The van der Waals surface area contributed by atoms with Crippen molar-refractivity contribution in [1.29, 1.82) is 0 Å². The van der Waals surface area contributed by atoms with Gasteiger partial charge in [-0.05, 0) is 26.1 Å². The minimum Gasteiger partial charge on any atom is -0.424 e. The topological polar surface area (TPSA) is 88.7 Å². The Morgan fingerprint density at radius 2 is 2.23 bits per heavy atom. The minimum atomic E-state index is -0.981. The molecule has 6 nitrogen and oxygen atoms in total. The Morgan fingerprint density at radius 1 is 1.50 bits per heavy atom. The first-order chi connectivity index (χ1) is 10.4. The van der Waals surface area contributed by atoms with Crippen molar-refractivity contribution in [2.45, 2.75) is 38.5 Å². The molecule has 0 aliphatic carbocycles. The number of cyclic esters (lactones) is 1. The van der Waals surface area contributed by atoms with Gasteiger partial charge in [0.15, 0.2) is 5.72 Å². The number of hydrazine groups is 1. The number of nitrogens with one attached hydrogen (secondary N) is 2. The van der Waals surface area contributed by atoms with Crippen LogP contribution in [0.2, 0.25) is 0 Å². The van der Waals surface area contributed by atoms with E-state index in [0.29, 0.717) is 0 Å². The standard InChI is InChI=1S/C16H22N4O2/c1-5-7-11-8-6-9-12(13(11)18-4)10(2)14(17)16(3)20-19-15(21)22-16/h5-10,14,20H,4,17H2,1-3H3,(H,19,21)/b7-5-/t10-,14+,16?/m1/s1. The van der Waals surface area contributed by atoms with E-state index in [2.05, 4.69) is 22.6 Å². The van der Waals surface area contributed by atoms with Gasteiger partial charge >= 0.3 is 6.09 Å². The summed E-state index contributed by atoms with van der Waals surface area (Å²) in [5.74, 6) is -0.101. The van der Waals surface area contributed by atoms with Crippen LogP contribution in [0.4, 0.5) is 10.5 Å². The molecule has 1 aromatic carbocycles. The molecule has 1 heterocycles. The van der Waals surface area contributed by atoms with E-state index in [-0.39, 0.29) is 5.92 Å².